The highest BCUT2D eigenvalue weighted by Gasteiger charge is 2.26. The summed E-state index contributed by atoms with van der Waals surface area (Å²) in [5.41, 5.74) is 3.55. The Kier molecular flexibility index (Phi) is 6.83. The van der Waals surface area contributed by atoms with Crippen LogP contribution in [0.3, 0.4) is 0 Å². The molecule has 0 spiro atoms. The first kappa shape index (κ1) is 22.4. The SMILES string of the molecule is COC(=O)c1ccc2c(c1)OCc1ccccc1C2SCCNS(=O)(=O)c1ccccc1. The minimum atomic E-state index is -3.55. The molecule has 0 bridgehead atoms. The molecule has 0 fully saturated rings. The van der Waals surface area contributed by atoms with E-state index in [4.69, 9.17) is 9.47 Å². The van der Waals surface area contributed by atoms with E-state index in [1.54, 1.807) is 54.2 Å². The average molecular weight is 470 g/mol. The van der Waals surface area contributed by atoms with Gasteiger partial charge in [-0.25, -0.2) is 17.9 Å². The molecule has 1 heterocycles. The van der Waals surface area contributed by atoms with Crippen molar-refractivity contribution in [1.82, 2.24) is 4.72 Å². The summed E-state index contributed by atoms with van der Waals surface area (Å²) in [6.45, 7) is 0.683. The Balaban J connectivity index is 1.54. The molecule has 6 nitrogen and oxygen atoms in total. The Morgan fingerprint density at radius 2 is 1.81 bits per heavy atom. The zero-order chi connectivity index (χ0) is 22.6. The van der Waals surface area contributed by atoms with Crippen molar-refractivity contribution in [2.45, 2.75) is 16.8 Å². The fourth-order valence-corrected chi connectivity index (χ4v) is 6.00. The fraction of sp³-hybridized carbons (Fsp3) is 0.208. The molecule has 1 aliphatic heterocycles. The molecule has 8 heteroatoms. The van der Waals surface area contributed by atoms with E-state index in [1.807, 2.05) is 24.3 Å². The third-order valence-electron chi connectivity index (χ3n) is 5.17. The Morgan fingerprint density at radius 1 is 1.06 bits per heavy atom. The quantitative estimate of drug-likeness (QED) is 0.413. The Bertz CT molecular complexity index is 1210. The van der Waals surface area contributed by atoms with Crippen molar-refractivity contribution < 1.29 is 22.7 Å². The van der Waals surface area contributed by atoms with Crippen LogP contribution in [0.1, 0.15) is 32.3 Å². The molecular formula is C24H23NO5S2. The maximum atomic E-state index is 12.5. The molecule has 0 radical (unpaired) electrons. The highest BCUT2D eigenvalue weighted by atomic mass is 32.2. The number of hydrogen-bond donors (Lipinski definition) is 1. The second kappa shape index (κ2) is 9.77. The van der Waals surface area contributed by atoms with Crippen LogP contribution in [-0.2, 0) is 21.4 Å². The zero-order valence-electron chi connectivity index (χ0n) is 17.5. The van der Waals surface area contributed by atoms with Gasteiger partial charge in [0, 0.05) is 17.9 Å². The molecule has 3 aromatic rings. The van der Waals surface area contributed by atoms with E-state index in [0.29, 0.717) is 23.7 Å². The summed E-state index contributed by atoms with van der Waals surface area (Å²) in [7, 11) is -2.20. The third-order valence-corrected chi connectivity index (χ3v) is 7.93. The normalized spacial score (nSPS) is 15.1. The van der Waals surface area contributed by atoms with Gasteiger partial charge in [-0.3, -0.25) is 0 Å². The topological polar surface area (TPSA) is 81.7 Å². The van der Waals surface area contributed by atoms with Crippen LogP contribution in [0.4, 0.5) is 0 Å². The number of sulfonamides is 1. The molecule has 0 aliphatic carbocycles. The number of hydrogen-bond acceptors (Lipinski definition) is 6. The highest BCUT2D eigenvalue weighted by Crippen LogP contribution is 2.44. The first-order chi connectivity index (χ1) is 15.5. The monoisotopic (exact) mass is 469 g/mol. The molecule has 1 unspecified atom stereocenters. The zero-order valence-corrected chi connectivity index (χ0v) is 19.1. The van der Waals surface area contributed by atoms with Crippen LogP contribution in [0.25, 0.3) is 0 Å². The van der Waals surface area contributed by atoms with Crippen molar-refractivity contribution >= 4 is 27.8 Å². The van der Waals surface area contributed by atoms with Gasteiger partial charge in [-0.05, 0) is 35.4 Å². The van der Waals surface area contributed by atoms with Gasteiger partial charge < -0.3 is 9.47 Å². The molecule has 32 heavy (non-hydrogen) atoms. The molecule has 0 saturated carbocycles. The van der Waals surface area contributed by atoms with Crippen molar-refractivity contribution in [1.29, 1.82) is 0 Å². The maximum Gasteiger partial charge on any atom is 0.337 e. The van der Waals surface area contributed by atoms with Crippen LogP contribution < -0.4 is 9.46 Å². The second-order valence-corrected chi connectivity index (χ2v) is 10.2. The standard InChI is InChI=1S/C24H23NO5S2/c1-29-24(26)17-11-12-21-22(15-17)30-16-18-7-5-6-10-20(18)23(21)31-14-13-25-32(27,28)19-8-3-2-4-9-19/h2-12,15,23,25H,13-14,16H2,1H3. The summed E-state index contributed by atoms with van der Waals surface area (Å²) in [6, 6.07) is 21.7. The van der Waals surface area contributed by atoms with E-state index >= 15 is 0 Å². The van der Waals surface area contributed by atoms with Gasteiger partial charge in [0.1, 0.15) is 12.4 Å². The van der Waals surface area contributed by atoms with Gasteiger partial charge in [0.25, 0.3) is 0 Å². The lowest BCUT2D eigenvalue weighted by Crippen LogP contribution is -2.26. The van der Waals surface area contributed by atoms with Crippen LogP contribution in [0.2, 0.25) is 0 Å². The molecule has 0 saturated heterocycles. The Morgan fingerprint density at radius 3 is 2.59 bits per heavy atom. The summed E-state index contributed by atoms with van der Waals surface area (Å²) in [5, 5.41) is -0.0587. The molecule has 3 aromatic carbocycles. The lowest BCUT2D eigenvalue weighted by Gasteiger charge is -2.19. The smallest absolute Gasteiger partial charge is 0.337 e. The molecule has 0 amide bonds. The van der Waals surface area contributed by atoms with E-state index in [-0.39, 0.29) is 16.7 Å². The number of methoxy groups -OCH3 is 1. The van der Waals surface area contributed by atoms with Gasteiger partial charge >= 0.3 is 5.97 Å². The predicted octanol–water partition coefficient (Wildman–Crippen LogP) is 4.17. The van der Waals surface area contributed by atoms with E-state index in [0.717, 1.165) is 16.7 Å². The number of nitrogens with one attached hydrogen (secondary N) is 1. The summed E-state index contributed by atoms with van der Waals surface area (Å²) in [5.74, 6) is 0.771. The van der Waals surface area contributed by atoms with Crippen LogP contribution in [0.5, 0.6) is 5.75 Å². The van der Waals surface area contributed by atoms with Gasteiger partial charge in [-0.15, -0.1) is 11.8 Å². The molecule has 1 aliphatic rings. The highest BCUT2D eigenvalue weighted by molar-refractivity contribution is 7.99. The van der Waals surface area contributed by atoms with E-state index in [1.165, 1.54) is 7.11 Å². The lowest BCUT2D eigenvalue weighted by molar-refractivity contribution is 0.0600. The first-order valence-electron chi connectivity index (χ1n) is 10.1. The second-order valence-electron chi connectivity index (χ2n) is 7.19. The lowest BCUT2D eigenvalue weighted by atomic mass is 9.99. The number of carbonyl (C=O) groups excluding carboxylic acids is 1. The molecule has 0 aromatic heterocycles. The summed E-state index contributed by atoms with van der Waals surface area (Å²) >= 11 is 1.63. The van der Waals surface area contributed by atoms with Crippen molar-refractivity contribution in [2.24, 2.45) is 0 Å². The number of rotatable bonds is 7. The van der Waals surface area contributed by atoms with Crippen molar-refractivity contribution in [3.8, 4) is 5.75 Å². The van der Waals surface area contributed by atoms with Crippen molar-refractivity contribution in [2.75, 3.05) is 19.4 Å². The summed E-state index contributed by atoms with van der Waals surface area (Å²) < 4.78 is 38.5. The first-order valence-corrected chi connectivity index (χ1v) is 12.6. The van der Waals surface area contributed by atoms with E-state index in [2.05, 4.69) is 10.8 Å². The Labute approximate surface area is 192 Å². The van der Waals surface area contributed by atoms with Crippen LogP contribution >= 0.6 is 11.8 Å². The molecule has 166 valence electrons. The van der Waals surface area contributed by atoms with E-state index in [9.17, 15) is 13.2 Å². The molecule has 4 rings (SSSR count). The number of benzene rings is 3. The number of esters is 1. The van der Waals surface area contributed by atoms with Crippen molar-refractivity contribution in [3.63, 3.8) is 0 Å². The Hall–Kier alpha value is -2.81. The average Bonchev–Trinajstić information content (AvgIpc) is 2.98. The van der Waals surface area contributed by atoms with Gasteiger partial charge in [0.15, 0.2) is 0 Å². The number of ether oxygens (including phenoxy) is 2. The largest absolute Gasteiger partial charge is 0.489 e. The molecular weight excluding hydrogens is 446 g/mol. The number of carbonyl (C=O) groups is 1. The van der Waals surface area contributed by atoms with Gasteiger partial charge in [-0.2, -0.15) is 0 Å². The van der Waals surface area contributed by atoms with Gasteiger partial charge in [0.05, 0.1) is 22.8 Å². The third kappa shape index (κ3) is 4.82. The van der Waals surface area contributed by atoms with Gasteiger partial charge in [0.2, 0.25) is 10.0 Å². The number of fused-ring (bicyclic) bond motifs is 2. The van der Waals surface area contributed by atoms with Crippen LogP contribution in [-0.4, -0.2) is 33.8 Å². The van der Waals surface area contributed by atoms with Crippen molar-refractivity contribution in [3.05, 3.63) is 95.1 Å². The molecule has 1 atom stereocenters. The van der Waals surface area contributed by atoms with E-state index < -0.39 is 16.0 Å². The van der Waals surface area contributed by atoms with Gasteiger partial charge in [-0.1, -0.05) is 48.5 Å². The number of thioether (sulfide) groups is 1. The summed E-state index contributed by atoms with van der Waals surface area (Å²) in [4.78, 5) is 12.2. The molecule has 1 N–H and O–H groups in total. The minimum absolute atomic E-state index is 0.0587. The summed E-state index contributed by atoms with van der Waals surface area (Å²) in [6.07, 6.45) is 0. The van der Waals surface area contributed by atoms with Crippen LogP contribution in [0.15, 0.2) is 77.7 Å². The van der Waals surface area contributed by atoms with Crippen LogP contribution in [0, 0.1) is 0 Å². The maximum absolute atomic E-state index is 12.5. The fourth-order valence-electron chi connectivity index (χ4n) is 3.58. The predicted molar refractivity (Wildman–Crippen MR) is 124 cm³/mol. The minimum Gasteiger partial charge on any atom is -0.489 e.